The Morgan fingerprint density at radius 2 is 2.00 bits per heavy atom. The molecule has 4 rings (SSSR count). The third-order valence-corrected chi connectivity index (χ3v) is 6.77. The first-order valence-corrected chi connectivity index (χ1v) is 11.6. The highest BCUT2D eigenvalue weighted by Crippen LogP contribution is 2.29. The molecule has 1 aliphatic rings. The molecule has 0 spiro atoms. The largest absolute Gasteiger partial charge is 0.497 e. The molecule has 7 nitrogen and oxygen atoms in total. The van der Waals surface area contributed by atoms with E-state index in [-0.39, 0.29) is 23.8 Å². The number of methoxy groups -OCH3 is 1. The minimum Gasteiger partial charge on any atom is -0.497 e. The van der Waals surface area contributed by atoms with Gasteiger partial charge in [-0.25, -0.2) is 0 Å². The van der Waals surface area contributed by atoms with E-state index >= 15 is 0 Å². The van der Waals surface area contributed by atoms with Crippen LogP contribution in [0.15, 0.2) is 65.5 Å². The maximum atomic E-state index is 13.3. The predicted octanol–water partition coefficient (Wildman–Crippen LogP) is 4.23. The zero-order chi connectivity index (χ0) is 24.1. The second-order valence-electron chi connectivity index (χ2n) is 8.80. The van der Waals surface area contributed by atoms with Crippen molar-refractivity contribution in [3.8, 4) is 5.75 Å². The molecule has 3 heterocycles. The Bertz CT molecular complexity index is 1120. The normalized spacial score (nSPS) is 15.1. The Morgan fingerprint density at radius 1 is 1.21 bits per heavy atom. The fraction of sp³-hybridized carbons (Fsp3) is 0.370. The first kappa shape index (κ1) is 23.5. The van der Waals surface area contributed by atoms with E-state index in [2.05, 4.69) is 11.1 Å². The molecule has 0 unspecified atom stereocenters. The van der Waals surface area contributed by atoms with Crippen LogP contribution in [0.25, 0.3) is 0 Å². The number of carbonyl (C=O) groups is 2. The van der Waals surface area contributed by atoms with Crippen molar-refractivity contribution in [2.45, 2.75) is 32.2 Å². The van der Waals surface area contributed by atoms with Gasteiger partial charge in [-0.05, 0) is 68.0 Å². The number of amides is 2. The van der Waals surface area contributed by atoms with Gasteiger partial charge in [0.1, 0.15) is 11.5 Å². The SMILES string of the molecule is COc1cccc(C[C@@H](C2CCN(C(=O)c3ccoc3C)CC2)N(C)C(=O)c2cccnc2)c1. The molecule has 1 fully saturated rings. The number of piperidine rings is 1. The van der Waals surface area contributed by atoms with Crippen molar-refractivity contribution < 1.29 is 18.7 Å². The lowest BCUT2D eigenvalue weighted by atomic mass is 9.84. The molecule has 2 aromatic heterocycles. The molecule has 2 amide bonds. The molecule has 1 atom stereocenters. The first-order chi connectivity index (χ1) is 16.5. The lowest BCUT2D eigenvalue weighted by Crippen LogP contribution is -2.48. The van der Waals surface area contributed by atoms with Crippen LogP contribution in [0.2, 0.25) is 0 Å². The van der Waals surface area contributed by atoms with Crippen LogP contribution in [0.1, 0.15) is 44.9 Å². The number of rotatable bonds is 7. The molecule has 1 aromatic carbocycles. The summed E-state index contributed by atoms with van der Waals surface area (Å²) in [5.41, 5.74) is 2.31. The van der Waals surface area contributed by atoms with Crippen LogP contribution in [0.4, 0.5) is 0 Å². The first-order valence-electron chi connectivity index (χ1n) is 11.6. The minimum absolute atomic E-state index is 0.00818. The zero-order valence-electron chi connectivity index (χ0n) is 19.9. The maximum Gasteiger partial charge on any atom is 0.257 e. The van der Waals surface area contributed by atoms with E-state index in [1.807, 2.05) is 42.0 Å². The van der Waals surface area contributed by atoms with E-state index in [0.717, 1.165) is 24.2 Å². The highest BCUT2D eigenvalue weighted by atomic mass is 16.5. The van der Waals surface area contributed by atoms with Gasteiger partial charge < -0.3 is 19.0 Å². The molecule has 0 N–H and O–H groups in total. The molecule has 0 radical (unpaired) electrons. The number of likely N-dealkylation sites (tertiary alicyclic amines) is 1. The summed E-state index contributed by atoms with van der Waals surface area (Å²) in [4.78, 5) is 34.1. The van der Waals surface area contributed by atoms with Crippen molar-refractivity contribution in [2.75, 3.05) is 27.2 Å². The summed E-state index contributed by atoms with van der Waals surface area (Å²) >= 11 is 0. The van der Waals surface area contributed by atoms with Crippen LogP contribution in [0.5, 0.6) is 5.75 Å². The van der Waals surface area contributed by atoms with Crippen LogP contribution in [0, 0.1) is 12.8 Å². The average molecular weight is 462 g/mol. The fourth-order valence-electron chi connectivity index (χ4n) is 4.77. The van der Waals surface area contributed by atoms with Crippen molar-refractivity contribution in [3.05, 3.63) is 83.6 Å². The van der Waals surface area contributed by atoms with Gasteiger partial charge in [0.15, 0.2) is 0 Å². The van der Waals surface area contributed by atoms with Crippen LogP contribution in [0.3, 0.4) is 0 Å². The maximum absolute atomic E-state index is 13.3. The van der Waals surface area contributed by atoms with Gasteiger partial charge in [0.25, 0.3) is 11.8 Å². The standard InChI is InChI=1S/C27H31N3O4/c1-19-24(11-15-34-19)27(32)30-13-9-21(10-14-30)25(17-20-6-4-8-23(16-20)33-3)29(2)26(31)22-7-5-12-28-18-22/h4-8,11-12,15-16,18,21,25H,9-10,13-14,17H2,1-3H3/t25-/m0/s1. The molecule has 3 aromatic rings. The summed E-state index contributed by atoms with van der Waals surface area (Å²) in [5.74, 6) is 1.66. The highest BCUT2D eigenvalue weighted by molar-refractivity contribution is 5.95. The van der Waals surface area contributed by atoms with Gasteiger partial charge in [-0.1, -0.05) is 12.1 Å². The Morgan fingerprint density at radius 3 is 2.65 bits per heavy atom. The number of furan rings is 1. The van der Waals surface area contributed by atoms with Gasteiger partial charge in [-0.3, -0.25) is 14.6 Å². The Balaban J connectivity index is 1.52. The Labute approximate surface area is 200 Å². The number of carbonyl (C=O) groups excluding carboxylic acids is 2. The van der Waals surface area contributed by atoms with Gasteiger partial charge >= 0.3 is 0 Å². The highest BCUT2D eigenvalue weighted by Gasteiger charge is 2.34. The van der Waals surface area contributed by atoms with Crippen molar-refractivity contribution in [3.63, 3.8) is 0 Å². The number of likely N-dealkylation sites (N-methyl/N-ethyl adjacent to an activating group) is 1. The van der Waals surface area contributed by atoms with Gasteiger partial charge in [0, 0.05) is 38.6 Å². The second-order valence-corrected chi connectivity index (χ2v) is 8.80. The number of benzene rings is 1. The fourth-order valence-corrected chi connectivity index (χ4v) is 4.77. The Hall–Kier alpha value is -3.61. The quantitative estimate of drug-likeness (QED) is 0.526. The summed E-state index contributed by atoms with van der Waals surface area (Å²) < 4.78 is 10.7. The van der Waals surface area contributed by atoms with Crippen LogP contribution in [-0.4, -0.2) is 59.9 Å². The molecular weight excluding hydrogens is 430 g/mol. The van der Waals surface area contributed by atoms with Crippen LogP contribution in [-0.2, 0) is 6.42 Å². The van der Waals surface area contributed by atoms with E-state index in [4.69, 9.17) is 9.15 Å². The van der Waals surface area contributed by atoms with Gasteiger partial charge in [-0.15, -0.1) is 0 Å². The number of hydrogen-bond donors (Lipinski definition) is 0. The number of ether oxygens (including phenoxy) is 1. The minimum atomic E-state index is -0.0477. The number of aromatic nitrogens is 1. The predicted molar refractivity (Wildman–Crippen MR) is 129 cm³/mol. The van der Waals surface area contributed by atoms with Crippen LogP contribution < -0.4 is 4.74 Å². The summed E-state index contributed by atoms with van der Waals surface area (Å²) in [7, 11) is 3.52. The zero-order valence-corrected chi connectivity index (χ0v) is 19.9. The number of nitrogens with zero attached hydrogens (tertiary/aromatic N) is 3. The average Bonchev–Trinajstić information content (AvgIpc) is 3.32. The lowest BCUT2D eigenvalue weighted by molar-refractivity contribution is 0.0521. The topological polar surface area (TPSA) is 75.9 Å². The van der Waals surface area contributed by atoms with Crippen molar-refractivity contribution in [1.29, 1.82) is 0 Å². The molecular formula is C27H31N3O4. The molecule has 0 bridgehead atoms. The third-order valence-electron chi connectivity index (χ3n) is 6.77. The van der Waals surface area contributed by atoms with Crippen molar-refractivity contribution >= 4 is 11.8 Å². The monoisotopic (exact) mass is 461 g/mol. The molecule has 178 valence electrons. The summed E-state index contributed by atoms with van der Waals surface area (Å²) in [6.45, 7) is 3.11. The van der Waals surface area contributed by atoms with Crippen LogP contribution >= 0.6 is 0 Å². The second kappa shape index (κ2) is 10.5. The van der Waals surface area contributed by atoms with E-state index < -0.39 is 0 Å². The molecule has 0 aliphatic carbocycles. The van der Waals surface area contributed by atoms with Gasteiger partial charge in [0.2, 0.25) is 0 Å². The van der Waals surface area contributed by atoms with Crippen molar-refractivity contribution in [1.82, 2.24) is 14.8 Å². The molecule has 1 saturated heterocycles. The van der Waals surface area contributed by atoms with Crippen molar-refractivity contribution in [2.24, 2.45) is 5.92 Å². The van der Waals surface area contributed by atoms with E-state index in [9.17, 15) is 9.59 Å². The van der Waals surface area contributed by atoms with E-state index in [1.54, 1.807) is 44.0 Å². The number of pyridine rings is 1. The lowest BCUT2D eigenvalue weighted by Gasteiger charge is -2.40. The summed E-state index contributed by atoms with van der Waals surface area (Å²) in [6.07, 6.45) is 7.18. The number of aryl methyl sites for hydroxylation is 1. The summed E-state index contributed by atoms with van der Waals surface area (Å²) in [5, 5.41) is 0. The Kier molecular flexibility index (Phi) is 7.30. The van der Waals surface area contributed by atoms with E-state index in [0.29, 0.717) is 36.4 Å². The molecule has 7 heteroatoms. The number of hydrogen-bond acceptors (Lipinski definition) is 5. The summed E-state index contributed by atoms with van der Waals surface area (Å²) in [6, 6.07) is 13.3. The third kappa shape index (κ3) is 5.14. The van der Waals surface area contributed by atoms with E-state index in [1.165, 1.54) is 0 Å². The van der Waals surface area contributed by atoms with Gasteiger partial charge in [0.05, 0.1) is 24.5 Å². The van der Waals surface area contributed by atoms with Gasteiger partial charge in [-0.2, -0.15) is 0 Å². The molecule has 0 saturated carbocycles. The molecule has 1 aliphatic heterocycles. The smallest absolute Gasteiger partial charge is 0.257 e. The molecule has 34 heavy (non-hydrogen) atoms.